The number of carboxylic acid groups (broad SMARTS) is 1. The lowest BCUT2D eigenvalue weighted by Crippen LogP contribution is -2.11. The summed E-state index contributed by atoms with van der Waals surface area (Å²) in [7, 11) is 0. The maximum atomic E-state index is 11.7. The SMILES string of the molecule is Cc1ccc(C=CC(=O)Nc2ccccc2C(=O)O)o1. The minimum atomic E-state index is -1.09. The van der Waals surface area contributed by atoms with Crippen molar-refractivity contribution in [2.24, 2.45) is 0 Å². The van der Waals surface area contributed by atoms with Gasteiger partial charge in [0.05, 0.1) is 11.3 Å². The second-order valence-electron chi connectivity index (χ2n) is 4.12. The Hall–Kier alpha value is -2.82. The molecule has 0 atom stereocenters. The van der Waals surface area contributed by atoms with Crippen molar-refractivity contribution in [2.45, 2.75) is 6.92 Å². The molecule has 1 amide bonds. The summed E-state index contributed by atoms with van der Waals surface area (Å²) in [6.45, 7) is 1.81. The molecule has 0 unspecified atom stereocenters. The summed E-state index contributed by atoms with van der Waals surface area (Å²) >= 11 is 0. The Morgan fingerprint density at radius 3 is 2.60 bits per heavy atom. The number of benzene rings is 1. The van der Waals surface area contributed by atoms with E-state index in [1.807, 2.05) is 0 Å². The van der Waals surface area contributed by atoms with E-state index in [4.69, 9.17) is 9.52 Å². The molecule has 1 aromatic heterocycles. The highest BCUT2D eigenvalue weighted by atomic mass is 16.4. The third kappa shape index (κ3) is 3.35. The fourth-order valence-corrected chi connectivity index (χ4v) is 1.65. The maximum absolute atomic E-state index is 11.7. The van der Waals surface area contributed by atoms with Crippen LogP contribution in [0.1, 0.15) is 21.9 Å². The Morgan fingerprint density at radius 2 is 1.95 bits per heavy atom. The van der Waals surface area contributed by atoms with Gasteiger partial charge in [-0.3, -0.25) is 4.79 Å². The summed E-state index contributed by atoms with van der Waals surface area (Å²) in [5.41, 5.74) is 0.299. The van der Waals surface area contributed by atoms with Gasteiger partial charge in [0.2, 0.25) is 5.91 Å². The summed E-state index contributed by atoms with van der Waals surface area (Å²) in [4.78, 5) is 22.7. The van der Waals surface area contributed by atoms with Crippen molar-refractivity contribution < 1.29 is 19.1 Å². The van der Waals surface area contributed by atoms with Gasteiger partial charge in [0.15, 0.2) is 0 Å². The number of carbonyl (C=O) groups excluding carboxylic acids is 1. The molecule has 0 aliphatic rings. The Balaban J connectivity index is 2.09. The predicted octanol–water partition coefficient (Wildman–Crippen LogP) is 2.94. The van der Waals surface area contributed by atoms with E-state index in [1.165, 1.54) is 24.3 Å². The molecule has 1 aromatic carbocycles. The van der Waals surface area contributed by atoms with Crippen LogP contribution < -0.4 is 5.32 Å². The highest BCUT2D eigenvalue weighted by Gasteiger charge is 2.10. The van der Waals surface area contributed by atoms with Gasteiger partial charge in [-0.05, 0) is 37.3 Å². The molecule has 0 radical (unpaired) electrons. The molecule has 0 aliphatic heterocycles. The van der Waals surface area contributed by atoms with Crippen molar-refractivity contribution in [3.63, 3.8) is 0 Å². The Kier molecular flexibility index (Phi) is 4.00. The standard InChI is InChI=1S/C15H13NO4/c1-10-6-7-11(20-10)8-9-14(17)16-13-5-3-2-4-12(13)15(18)19/h2-9H,1H3,(H,16,17)(H,18,19). The molecule has 102 valence electrons. The topological polar surface area (TPSA) is 79.5 Å². The molecule has 0 aliphatic carbocycles. The van der Waals surface area contributed by atoms with Crippen molar-refractivity contribution in [3.8, 4) is 0 Å². The van der Waals surface area contributed by atoms with E-state index in [0.717, 1.165) is 5.76 Å². The molecule has 1 heterocycles. The average molecular weight is 271 g/mol. The number of carboxylic acids is 1. The number of hydrogen-bond donors (Lipinski definition) is 2. The molecule has 2 aromatic rings. The lowest BCUT2D eigenvalue weighted by Gasteiger charge is -2.05. The van der Waals surface area contributed by atoms with E-state index in [2.05, 4.69) is 5.32 Å². The number of hydrogen-bond acceptors (Lipinski definition) is 3. The molecule has 0 saturated carbocycles. The van der Waals surface area contributed by atoms with Gasteiger partial charge in [-0.2, -0.15) is 0 Å². The van der Waals surface area contributed by atoms with E-state index in [0.29, 0.717) is 5.76 Å². The summed E-state index contributed by atoms with van der Waals surface area (Å²) in [5, 5.41) is 11.5. The Labute approximate surface area is 115 Å². The quantitative estimate of drug-likeness (QED) is 0.838. The first-order valence-corrected chi connectivity index (χ1v) is 5.94. The van der Waals surface area contributed by atoms with E-state index in [9.17, 15) is 9.59 Å². The van der Waals surface area contributed by atoms with Crippen LogP contribution in [0.3, 0.4) is 0 Å². The first-order chi connectivity index (χ1) is 9.56. The zero-order chi connectivity index (χ0) is 14.5. The smallest absolute Gasteiger partial charge is 0.337 e. The number of anilines is 1. The zero-order valence-electron chi connectivity index (χ0n) is 10.8. The largest absolute Gasteiger partial charge is 0.478 e. The average Bonchev–Trinajstić information content (AvgIpc) is 2.83. The van der Waals surface area contributed by atoms with Crippen LogP contribution in [0, 0.1) is 6.92 Å². The van der Waals surface area contributed by atoms with Crippen LogP contribution in [-0.4, -0.2) is 17.0 Å². The molecule has 0 fully saturated rings. The summed E-state index contributed by atoms with van der Waals surface area (Å²) < 4.78 is 5.29. The van der Waals surface area contributed by atoms with Crippen LogP contribution in [0.25, 0.3) is 6.08 Å². The minimum absolute atomic E-state index is 0.0445. The summed E-state index contributed by atoms with van der Waals surface area (Å²) in [5.74, 6) is -0.204. The van der Waals surface area contributed by atoms with Crippen LogP contribution in [0.15, 0.2) is 46.9 Å². The number of carbonyl (C=O) groups is 2. The second kappa shape index (κ2) is 5.88. The van der Waals surface area contributed by atoms with Gasteiger partial charge in [0.25, 0.3) is 0 Å². The number of para-hydroxylation sites is 1. The van der Waals surface area contributed by atoms with Gasteiger partial charge >= 0.3 is 5.97 Å². The van der Waals surface area contributed by atoms with Crippen molar-refractivity contribution >= 4 is 23.6 Å². The van der Waals surface area contributed by atoms with Crippen LogP contribution in [-0.2, 0) is 4.79 Å². The number of amides is 1. The van der Waals surface area contributed by atoms with Crippen molar-refractivity contribution in [3.05, 3.63) is 59.6 Å². The predicted molar refractivity (Wildman–Crippen MR) is 74.5 cm³/mol. The van der Waals surface area contributed by atoms with Gasteiger partial charge in [-0.25, -0.2) is 4.79 Å². The molecule has 0 saturated heterocycles. The Bertz CT molecular complexity index is 670. The van der Waals surface area contributed by atoms with Gasteiger partial charge in [-0.1, -0.05) is 12.1 Å². The number of aryl methyl sites for hydroxylation is 1. The summed E-state index contributed by atoms with van der Waals surface area (Å²) in [6.07, 6.45) is 2.81. The number of nitrogens with one attached hydrogen (secondary N) is 1. The molecule has 0 bridgehead atoms. The number of furan rings is 1. The van der Waals surface area contributed by atoms with Crippen LogP contribution in [0.5, 0.6) is 0 Å². The maximum Gasteiger partial charge on any atom is 0.337 e. The highest BCUT2D eigenvalue weighted by molar-refractivity contribution is 6.05. The zero-order valence-corrected chi connectivity index (χ0v) is 10.8. The fourth-order valence-electron chi connectivity index (χ4n) is 1.65. The number of rotatable bonds is 4. The molecule has 0 spiro atoms. The molecule has 2 N–H and O–H groups in total. The summed E-state index contributed by atoms with van der Waals surface area (Å²) in [6, 6.07) is 9.74. The van der Waals surface area contributed by atoms with Crippen LogP contribution >= 0.6 is 0 Å². The highest BCUT2D eigenvalue weighted by Crippen LogP contribution is 2.15. The third-order valence-electron chi connectivity index (χ3n) is 2.58. The normalized spacial score (nSPS) is 10.7. The molecule has 2 rings (SSSR count). The van der Waals surface area contributed by atoms with E-state index < -0.39 is 11.9 Å². The van der Waals surface area contributed by atoms with E-state index in [-0.39, 0.29) is 11.3 Å². The van der Waals surface area contributed by atoms with Crippen molar-refractivity contribution in [1.29, 1.82) is 0 Å². The van der Waals surface area contributed by atoms with Crippen LogP contribution in [0.4, 0.5) is 5.69 Å². The Morgan fingerprint density at radius 1 is 1.20 bits per heavy atom. The van der Waals surface area contributed by atoms with Gasteiger partial charge in [0, 0.05) is 6.08 Å². The molecular weight excluding hydrogens is 258 g/mol. The lowest BCUT2D eigenvalue weighted by molar-refractivity contribution is -0.111. The van der Waals surface area contributed by atoms with E-state index in [1.54, 1.807) is 31.2 Å². The number of aromatic carboxylic acids is 1. The van der Waals surface area contributed by atoms with Crippen molar-refractivity contribution in [1.82, 2.24) is 0 Å². The minimum Gasteiger partial charge on any atom is -0.478 e. The molecule has 5 nitrogen and oxygen atoms in total. The van der Waals surface area contributed by atoms with Gasteiger partial charge in [-0.15, -0.1) is 0 Å². The first-order valence-electron chi connectivity index (χ1n) is 5.94. The lowest BCUT2D eigenvalue weighted by atomic mass is 10.2. The van der Waals surface area contributed by atoms with Gasteiger partial charge in [0.1, 0.15) is 11.5 Å². The van der Waals surface area contributed by atoms with Crippen LogP contribution in [0.2, 0.25) is 0 Å². The third-order valence-corrected chi connectivity index (χ3v) is 2.58. The molecule has 20 heavy (non-hydrogen) atoms. The van der Waals surface area contributed by atoms with Gasteiger partial charge < -0.3 is 14.8 Å². The second-order valence-corrected chi connectivity index (χ2v) is 4.12. The van der Waals surface area contributed by atoms with E-state index >= 15 is 0 Å². The first kappa shape index (κ1) is 13.6. The van der Waals surface area contributed by atoms with Crippen molar-refractivity contribution in [2.75, 3.05) is 5.32 Å². The molecule has 5 heteroatoms. The molecular formula is C15H13NO4. The monoisotopic (exact) mass is 271 g/mol. The fraction of sp³-hybridized carbons (Fsp3) is 0.0667.